The molecule has 1 nitrogen and oxygen atoms in total. The standard InChI is InChI=1S/C12H14FN/c1-12(2,3)8-6-10(13)9-4-5-14-11(9)7-8/h4-7,14H,1-3H3. The zero-order chi connectivity index (χ0) is 10.3. The monoisotopic (exact) mass is 191 g/mol. The van der Waals surface area contributed by atoms with Crippen LogP contribution < -0.4 is 0 Å². The van der Waals surface area contributed by atoms with E-state index in [1.54, 1.807) is 18.3 Å². The minimum absolute atomic E-state index is 0.0137. The highest BCUT2D eigenvalue weighted by Crippen LogP contribution is 2.27. The Morgan fingerprint density at radius 3 is 2.57 bits per heavy atom. The molecule has 0 aliphatic carbocycles. The van der Waals surface area contributed by atoms with Crippen LogP contribution in [-0.2, 0) is 5.41 Å². The van der Waals surface area contributed by atoms with Gasteiger partial charge < -0.3 is 4.98 Å². The molecule has 1 N–H and O–H groups in total. The molecule has 0 spiro atoms. The lowest BCUT2D eigenvalue weighted by Gasteiger charge is -2.19. The maximum atomic E-state index is 13.6. The average Bonchev–Trinajstić information content (AvgIpc) is 2.50. The number of hydrogen-bond acceptors (Lipinski definition) is 0. The summed E-state index contributed by atoms with van der Waals surface area (Å²) in [5.74, 6) is -0.145. The maximum absolute atomic E-state index is 13.6. The van der Waals surface area contributed by atoms with Crippen molar-refractivity contribution in [2.24, 2.45) is 0 Å². The summed E-state index contributed by atoms with van der Waals surface area (Å²) >= 11 is 0. The van der Waals surface area contributed by atoms with Crippen LogP contribution in [0.15, 0.2) is 24.4 Å². The third-order valence-electron chi connectivity index (χ3n) is 2.48. The molecule has 0 atom stereocenters. The molecule has 14 heavy (non-hydrogen) atoms. The number of aromatic nitrogens is 1. The summed E-state index contributed by atoms with van der Waals surface area (Å²) in [4.78, 5) is 3.03. The Kier molecular flexibility index (Phi) is 1.88. The second kappa shape index (κ2) is 2.84. The van der Waals surface area contributed by atoms with E-state index < -0.39 is 0 Å². The van der Waals surface area contributed by atoms with Gasteiger partial charge in [0.1, 0.15) is 5.82 Å². The Bertz CT molecular complexity index is 463. The molecule has 0 aliphatic heterocycles. The van der Waals surface area contributed by atoms with Crippen molar-refractivity contribution >= 4 is 10.9 Å². The molecule has 1 aromatic heterocycles. The van der Waals surface area contributed by atoms with E-state index in [0.717, 1.165) is 11.1 Å². The summed E-state index contributed by atoms with van der Waals surface area (Å²) in [6, 6.07) is 5.39. The fourth-order valence-electron chi connectivity index (χ4n) is 1.55. The normalized spacial score (nSPS) is 12.3. The molecule has 2 rings (SSSR count). The Balaban J connectivity index is 2.70. The van der Waals surface area contributed by atoms with Gasteiger partial charge in [-0.25, -0.2) is 4.39 Å². The van der Waals surface area contributed by atoms with E-state index in [1.807, 2.05) is 6.07 Å². The predicted molar refractivity (Wildman–Crippen MR) is 57.0 cm³/mol. The highest BCUT2D eigenvalue weighted by atomic mass is 19.1. The fraction of sp³-hybridized carbons (Fsp3) is 0.333. The van der Waals surface area contributed by atoms with E-state index in [4.69, 9.17) is 0 Å². The van der Waals surface area contributed by atoms with Crippen molar-refractivity contribution in [1.82, 2.24) is 4.98 Å². The topological polar surface area (TPSA) is 15.8 Å². The highest BCUT2D eigenvalue weighted by Gasteiger charge is 2.16. The maximum Gasteiger partial charge on any atom is 0.132 e. The van der Waals surface area contributed by atoms with Gasteiger partial charge in [-0.2, -0.15) is 0 Å². The van der Waals surface area contributed by atoms with Gasteiger partial charge >= 0.3 is 0 Å². The van der Waals surface area contributed by atoms with Gasteiger partial charge in [0.25, 0.3) is 0 Å². The Morgan fingerprint density at radius 1 is 1.21 bits per heavy atom. The van der Waals surface area contributed by atoms with E-state index >= 15 is 0 Å². The van der Waals surface area contributed by atoms with Crippen molar-refractivity contribution in [3.63, 3.8) is 0 Å². The van der Waals surface area contributed by atoms with Gasteiger partial charge in [-0.1, -0.05) is 20.8 Å². The molecule has 0 bridgehead atoms. The zero-order valence-electron chi connectivity index (χ0n) is 8.69. The van der Waals surface area contributed by atoms with E-state index in [9.17, 15) is 4.39 Å². The van der Waals surface area contributed by atoms with Crippen LogP contribution in [-0.4, -0.2) is 4.98 Å². The van der Waals surface area contributed by atoms with Gasteiger partial charge in [-0.05, 0) is 29.2 Å². The molecule has 2 heteroatoms. The number of fused-ring (bicyclic) bond motifs is 1. The van der Waals surface area contributed by atoms with Crippen LogP contribution in [0.5, 0.6) is 0 Å². The third kappa shape index (κ3) is 1.41. The van der Waals surface area contributed by atoms with Crippen molar-refractivity contribution in [2.75, 3.05) is 0 Å². The van der Waals surface area contributed by atoms with Gasteiger partial charge in [0.2, 0.25) is 0 Å². The van der Waals surface area contributed by atoms with Crippen LogP contribution in [0.3, 0.4) is 0 Å². The van der Waals surface area contributed by atoms with Crippen LogP contribution in [0.2, 0.25) is 0 Å². The van der Waals surface area contributed by atoms with Crippen molar-refractivity contribution in [2.45, 2.75) is 26.2 Å². The first-order chi connectivity index (χ1) is 6.48. The summed E-state index contributed by atoms with van der Waals surface area (Å²) < 4.78 is 13.6. The first-order valence-corrected chi connectivity index (χ1v) is 4.75. The second-order valence-corrected chi connectivity index (χ2v) is 4.65. The number of benzene rings is 1. The van der Waals surface area contributed by atoms with Crippen LogP contribution in [0.4, 0.5) is 4.39 Å². The van der Waals surface area contributed by atoms with Crippen LogP contribution in [0, 0.1) is 5.82 Å². The summed E-state index contributed by atoms with van der Waals surface area (Å²) in [6.07, 6.45) is 1.76. The number of nitrogens with one attached hydrogen (secondary N) is 1. The second-order valence-electron chi connectivity index (χ2n) is 4.65. The van der Waals surface area contributed by atoms with E-state index in [2.05, 4.69) is 25.8 Å². The molecule has 0 unspecified atom stereocenters. The van der Waals surface area contributed by atoms with E-state index in [-0.39, 0.29) is 11.2 Å². The van der Waals surface area contributed by atoms with Crippen LogP contribution in [0.25, 0.3) is 10.9 Å². The van der Waals surface area contributed by atoms with Crippen molar-refractivity contribution < 1.29 is 4.39 Å². The SMILES string of the molecule is CC(C)(C)c1cc(F)c2cc[nH]c2c1. The Labute approximate surface area is 82.9 Å². The Morgan fingerprint density at radius 2 is 1.93 bits per heavy atom. The largest absolute Gasteiger partial charge is 0.361 e. The fourth-order valence-corrected chi connectivity index (χ4v) is 1.55. The molecule has 0 radical (unpaired) electrons. The molecular weight excluding hydrogens is 177 g/mol. The third-order valence-corrected chi connectivity index (χ3v) is 2.48. The van der Waals surface area contributed by atoms with Crippen LogP contribution >= 0.6 is 0 Å². The lowest BCUT2D eigenvalue weighted by Crippen LogP contribution is -2.11. The van der Waals surface area contributed by atoms with Crippen molar-refractivity contribution in [3.05, 3.63) is 35.8 Å². The minimum Gasteiger partial charge on any atom is -0.361 e. The highest BCUT2D eigenvalue weighted by molar-refractivity contribution is 5.80. The number of rotatable bonds is 0. The average molecular weight is 191 g/mol. The number of aromatic amines is 1. The number of H-pyrrole nitrogens is 1. The molecule has 1 heterocycles. The van der Waals surface area contributed by atoms with E-state index in [1.165, 1.54) is 0 Å². The molecule has 0 fully saturated rings. The quantitative estimate of drug-likeness (QED) is 0.654. The summed E-state index contributed by atoms with van der Waals surface area (Å²) in [5.41, 5.74) is 1.88. The van der Waals surface area contributed by atoms with Gasteiger partial charge in [0.05, 0.1) is 0 Å². The summed E-state index contributed by atoms with van der Waals surface area (Å²) in [7, 11) is 0. The molecular formula is C12H14FN. The molecule has 0 amide bonds. The Hall–Kier alpha value is -1.31. The van der Waals surface area contributed by atoms with E-state index in [0.29, 0.717) is 5.39 Å². The van der Waals surface area contributed by atoms with Crippen molar-refractivity contribution in [1.29, 1.82) is 0 Å². The minimum atomic E-state index is -0.145. The van der Waals surface area contributed by atoms with Crippen molar-refractivity contribution in [3.8, 4) is 0 Å². The smallest absolute Gasteiger partial charge is 0.132 e. The lowest BCUT2D eigenvalue weighted by molar-refractivity contribution is 0.577. The molecule has 1 aromatic carbocycles. The first kappa shape index (κ1) is 9.25. The molecule has 74 valence electrons. The van der Waals surface area contributed by atoms with Gasteiger partial charge in [-0.3, -0.25) is 0 Å². The van der Waals surface area contributed by atoms with Crippen LogP contribution in [0.1, 0.15) is 26.3 Å². The first-order valence-electron chi connectivity index (χ1n) is 4.75. The van der Waals surface area contributed by atoms with Gasteiger partial charge in [0.15, 0.2) is 0 Å². The lowest BCUT2D eigenvalue weighted by atomic mass is 9.86. The molecule has 0 aliphatic rings. The summed E-state index contributed by atoms with van der Waals surface area (Å²) in [6.45, 7) is 6.24. The summed E-state index contributed by atoms with van der Waals surface area (Å²) in [5, 5.41) is 0.665. The molecule has 0 saturated heterocycles. The molecule has 0 saturated carbocycles. The van der Waals surface area contributed by atoms with Gasteiger partial charge in [-0.15, -0.1) is 0 Å². The van der Waals surface area contributed by atoms with Gasteiger partial charge in [0, 0.05) is 17.1 Å². The number of halogens is 1. The molecule has 2 aromatic rings. The zero-order valence-corrected chi connectivity index (χ0v) is 8.69. The number of hydrogen-bond donors (Lipinski definition) is 1. The predicted octanol–water partition coefficient (Wildman–Crippen LogP) is 3.60.